The zero-order valence-electron chi connectivity index (χ0n) is 13.3. The van der Waals surface area contributed by atoms with E-state index < -0.39 is 0 Å². The number of nitrogens with zero attached hydrogens (tertiary/aromatic N) is 3. The highest BCUT2D eigenvalue weighted by atomic mass is 35.5. The van der Waals surface area contributed by atoms with E-state index >= 15 is 0 Å². The van der Waals surface area contributed by atoms with E-state index in [-0.39, 0.29) is 11.7 Å². The first-order valence-corrected chi connectivity index (χ1v) is 8.77. The van der Waals surface area contributed by atoms with Crippen LogP contribution in [0.15, 0.2) is 60.0 Å². The lowest BCUT2D eigenvalue weighted by molar-refractivity contribution is -0.113. The first-order valence-electron chi connectivity index (χ1n) is 7.41. The standard InChI is InChI=1S/C17H15ClN4O2S/c1-22-11-19-21-17(22)25-10-16(23)20-12-6-8-13(9-7-12)24-15-5-3-2-4-14(15)18/h2-9,11H,10H2,1H3,(H,20,23). The fraction of sp³-hybridized carbons (Fsp3) is 0.118. The number of halogens is 1. The highest BCUT2D eigenvalue weighted by molar-refractivity contribution is 7.99. The summed E-state index contributed by atoms with van der Waals surface area (Å²) < 4.78 is 7.47. The van der Waals surface area contributed by atoms with Gasteiger partial charge in [0.05, 0.1) is 10.8 Å². The van der Waals surface area contributed by atoms with E-state index in [1.165, 1.54) is 11.8 Å². The molecule has 1 N–H and O–H groups in total. The first-order chi connectivity index (χ1) is 12.1. The quantitative estimate of drug-likeness (QED) is 0.660. The van der Waals surface area contributed by atoms with Gasteiger partial charge in [-0.15, -0.1) is 10.2 Å². The Hall–Kier alpha value is -2.51. The summed E-state index contributed by atoms with van der Waals surface area (Å²) in [7, 11) is 1.83. The Balaban J connectivity index is 1.54. The Morgan fingerprint density at radius 1 is 1.24 bits per heavy atom. The molecule has 0 spiro atoms. The van der Waals surface area contributed by atoms with Crippen LogP contribution in [0, 0.1) is 0 Å². The molecule has 0 radical (unpaired) electrons. The van der Waals surface area contributed by atoms with Crippen molar-refractivity contribution in [3.63, 3.8) is 0 Å². The molecule has 1 aromatic heterocycles. The molecule has 0 saturated heterocycles. The number of thioether (sulfide) groups is 1. The molecular formula is C17H15ClN4O2S. The van der Waals surface area contributed by atoms with Gasteiger partial charge in [-0.05, 0) is 36.4 Å². The second kappa shape index (κ2) is 8.04. The molecule has 25 heavy (non-hydrogen) atoms. The molecule has 0 bridgehead atoms. The average Bonchev–Trinajstić information content (AvgIpc) is 3.02. The van der Waals surface area contributed by atoms with Crippen LogP contribution in [0.3, 0.4) is 0 Å². The molecule has 128 valence electrons. The molecule has 0 atom stereocenters. The molecule has 3 aromatic rings. The molecule has 2 aromatic carbocycles. The molecule has 0 saturated carbocycles. The third-order valence-electron chi connectivity index (χ3n) is 3.20. The second-order valence-electron chi connectivity index (χ2n) is 5.12. The maximum absolute atomic E-state index is 12.0. The number of rotatable bonds is 6. The van der Waals surface area contributed by atoms with Crippen LogP contribution in [0.4, 0.5) is 5.69 Å². The van der Waals surface area contributed by atoms with Crippen molar-refractivity contribution in [2.45, 2.75) is 5.16 Å². The molecule has 8 heteroatoms. The molecule has 1 amide bonds. The summed E-state index contributed by atoms with van der Waals surface area (Å²) in [6, 6.07) is 14.3. The van der Waals surface area contributed by atoms with Crippen LogP contribution in [0.5, 0.6) is 11.5 Å². The Morgan fingerprint density at radius 3 is 2.68 bits per heavy atom. The molecule has 6 nitrogen and oxygen atoms in total. The number of ether oxygens (including phenoxy) is 1. The molecule has 0 fully saturated rings. The van der Waals surface area contributed by atoms with Crippen molar-refractivity contribution < 1.29 is 9.53 Å². The van der Waals surface area contributed by atoms with Gasteiger partial charge in [-0.3, -0.25) is 4.79 Å². The van der Waals surface area contributed by atoms with E-state index in [0.717, 1.165) is 0 Å². The zero-order chi connectivity index (χ0) is 17.6. The Morgan fingerprint density at radius 2 is 2.00 bits per heavy atom. The van der Waals surface area contributed by atoms with E-state index in [4.69, 9.17) is 16.3 Å². The number of carbonyl (C=O) groups is 1. The molecule has 0 aliphatic rings. The lowest BCUT2D eigenvalue weighted by atomic mass is 10.3. The maximum Gasteiger partial charge on any atom is 0.234 e. The summed E-state index contributed by atoms with van der Waals surface area (Å²) in [5.41, 5.74) is 0.690. The number of hydrogen-bond acceptors (Lipinski definition) is 5. The zero-order valence-corrected chi connectivity index (χ0v) is 14.9. The SMILES string of the molecule is Cn1cnnc1SCC(=O)Nc1ccc(Oc2ccccc2Cl)cc1. The largest absolute Gasteiger partial charge is 0.456 e. The van der Waals surface area contributed by atoms with Crippen LogP contribution < -0.4 is 10.1 Å². The summed E-state index contributed by atoms with van der Waals surface area (Å²) in [6.45, 7) is 0. The van der Waals surface area contributed by atoms with Crippen LogP contribution in [0.2, 0.25) is 5.02 Å². The number of anilines is 1. The molecule has 0 aliphatic heterocycles. The van der Waals surface area contributed by atoms with Crippen LogP contribution in [-0.4, -0.2) is 26.4 Å². The fourth-order valence-corrected chi connectivity index (χ4v) is 2.85. The molecule has 0 unspecified atom stereocenters. The van der Waals surface area contributed by atoms with Crippen molar-refractivity contribution in [2.24, 2.45) is 7.05 Å². The number of amides is 1. The normalized spacial score (nSPS) is 10.5. The van der Waals surface area contributed by atoms with Gasteiger partial charge in [0.25, 0.3) is 0 Å². The van der Waals surface area contributed by atoms with Crippen LogP contribution in [0.25, 0.3) is 0 Å². The van der Waals surface area contributed by atoms with Gasteiger partial charge in [0, 0.05) is 12.7 Å². The third kappa shape index (κ3) is 4.74. The van der Waals surface area contributed by atoms with Gasteiger partial charge in [-0.2, -0.15) is 0 Å². The van der Waals surface area contributed by atoms with E-state index in [1.54, 1.807) is 47.3 Å². The van der Waals surface area contributed by atoms with Gasteiger partial charge in [0.15, 0.2) is 5.16 Å². The predicted molar refractivity (Wildman–Crippen MR) is 98.3 cm³/mol. The van der Waals surface area contributed by atoms with E-state index in [2.05, 4.69) is 15.5 Å². The number of aromatic nitrogens is 3. The van der Waals surface area contributed by atoms with Gasteiger partial charge in [0.1, 0.15) is 17.8 Å². The van der Waals surface area contributed by atoms with Gasteiger partial charge in [-0.1, -0.05) is 35.5 Å². The Labute approximate surface area is 154 Å². The van der Waals surface area contributed by atoms with Gasteiger partial charge in [-0.25, -0.2) is 0 Å². The summed E-state index contributed by atoms with van der Waals surface area (Å²) in [4.78, 5) is 12.0. The lowest BCUT2D eigenvalue weighted by Gasteiger charge is -2.09. The molecule has 0 aliphatic carbocycles. The number of para-hydroxylation sites is 1. The number of nitrogens with one attached hydrogen (secondary N) is 1. The number of aryl methyl sites for hydroxylation is 1. The van der Waals surface area contributed by atoms with Crippen LogP contribution in [0.1, 0.15) is 0 Å². The van der Waals surface area contributed by atoms with Gasteiger partial charge >= 0.3 is 0 Å². The monoisotopic (exact) mass is 374 g/mol. The van der Waals surface area contributed by atoms with Gasteiger partial charge in [0.2, 0.25) is 5.91 Å². The smallest absolute Gasteiger partial charge is 0.234 e. The lowest BCUT2D eigenvalue weighted by Crippen LogP contribution is -2.14. The maximum atomic E-state index is 12.0. The second-order valence-corrected chi connectivity index (χ2v) is 6.47. The van der Waals surface area contributed by atoms with Crippen molar-refractivity contribution in [3.05, 3.63) is 59.9 Å². The molecular weight excluding hydrogens is 360 g/mol. The van der Waals surface area contributed by atoms with Crippen molar-refractivity contribution in [1.82, 2.24) is 14.8 Å². The molecule has 3 rings (SSSR count). The fourth-order valence-electron chi connectivity index (χ4n) is 1.99. The Kier molecular flexibility index (Phi) is 5.57. The summed E-state index contributed by atoms with van der Waals surface area (Å²) >= 11 is 7.39. The van der Waals surface area contributed by atoms with E-state index in [0.29, 0.717) is 27.4 Å². The third-order valence-corrected chi connectivity index (χ3v) is 4.55. The highest BCUT2D eigenvalue weighted by Crippen LogP contribution is 2.29. The summed E-state index contributed by atoms with van der Waals surface area (Å²) in [5, 5.41) is 11.8. The Bertz CT molecular complexity index is 867. The highest BCUT2D eigenvalue weighted by Gasteiger charge is 2.08. The number of carbonyl (C=O) groups excluding carboxylic acids is 1. The predicted octanol–water partition coefficient (Wildman–Crippen LogP) is 3.99. The van der Waals surface area contributed by atoms with E-state index in [1.807, 2.05) is 19.2 Å². The van der Waals surface area contributed by atoms with Crippen LogP contribution >= 0.6 is 23.4 Å². The minimum Gasteiger partial charge on any atom is -0.456 e. The average molecular weight is 375 g/mol. The number of hydrogen-bond donors (Lipinski definition) is 1. The van der Waals surface area contributed by atoms with Crippen LogP contribution in [-0.2, 0) is 11.8 Å². The van der Waals surface area contributed by atoms with Crippen molar-refractivity contribution >= 4 is 35.0 Å². The summed E-state index contributed by atoms with van der Waals surface area (Å²) in [6.07, 6.45) is 1.60. The first kappa shape index (κ1) is 17.3. The van der Waals surface area contributed by atoms with Crippen molar-refractivity contribution in [2.75, 3.05) is 11.1 Å². The number of benzene rings is 2. The minimum absolute atomic E-state index is 0.118. The van der Waals surface area contributed by atoms with Crippen molar-refractivity contribution in [3.8, 4) is 11.5 Å². The van der Waals surface area contributed by atoms with Gasteiger partial charge < -0.3 is 14.6 Å². The summed E-state index contributed by atoms with van der Waals surface area (Å²) in [5.74, 6) is 1.36. The van der Waals surface area contributed by atoms with E-state index in [9.17, 15) is 4.79 Å². The molecule has 1 heterocycles. The minimum atomic E-state index is -0.118. The topological polar surface area (TPSA) is 69.0 Å². The van der Waals surface area contributed by atoms with Crippen molar-refractivity contribution in [1.29, 1.82) is 0 Å².